The lowest BCUT2D eigenvalue weighted by molar-refractivity contribution is -0.131. The number of hydrogen-bond acceptors (Lipinski definition) is 6. The van der Waals surface area contributed by atoms with Crippen LogP contribution in [0.3, 0.4) is 0 Å². The molecule has 6 nitrogen and oxygen atoms in total. The Labute approximate surface area is 174 Å². The molecule has 0 bridgehead atoms. The van der Waals surface area contributed by atoms with E-state index < -0.39 is 6.10 Å². The summed E-state index contributed by atoms with van der Waals surface area (Å²) < 4.78 is 16.5. The van der Waals surface area contributed by atoms with Crippen molar-refractivity contribution in [1.82, 2.24) is 4.90 Å². The third-order valence-electron chi connectivity index (χ3n) is 6.44. The second kappa shape index (κ2) is 7.15. The molecule has 2 atom stereocenters. The molecule has 1 N–H and O–H groups in total. The molecule has 5 rings (SSSR count). The van der Waals surface area contributed by atoms with E-state index in [-0.39, 0.29) is 12.0 Å². The van der Waals surface area contributed by atoms with Crippen LogP contribution in [-0.4, -0.2) is 42.8 Å². The van der Waals surface area contributed by atoms with E-state index in [9.17, 15) is 9.90 Å². The highest BCUT2D eigenvalue weighted by Gasteiger charge is 2.39. The van der Waals surface area contributed by atoms with Gasteiger partial charge >= 0.3 is 5.97 Å². The van der Waals surface area contributed by atoms with Gasteiger partial charge in [0.25, 0.3) is 0 Å². The molecule has 2 aliphatic rings. The summed E-state index contributed by atoms with van der Waals surface area (Å²) in [5.74, 6) is 1.41. The number of carbonyl (C=O) groups excluding carboxylic acids is 1. The molecule has 3 aromatic rings. The van der Waals surface area contributed by atoms with Crippen LogP contribution in [0.5, 0.6) is 17.2 Å². The molecule has 1 saturated heterocycles. The minimum atomic E-state index is -0.559. The predicted molar refractivity (Wildman–Crippen MR) is 114 cm³/mol. The van der Waals surface area contributed by atoms with E-state index in [2.05, 4.69) is 4.90 Å². The van der Waals surface area contributed by atoms with Crippen LogP contribution in [0.1, 0.15) is 37.0 Å². The summed E-state index contributed by atoms with van der Waals surface area (Å²) in [7, 11) is 3.24. The molecule has 0 aliphatic carbocycles. The lowest BCUT2D eigenvalue weighted by Crippen LogP contribution is -2.39. The maximum atomic E-state index is 11.5. The lowest BCUT2D eigenvalue weighted by atomic mass is 9.83. The van der Waals surface area contributed by atoms with Gasteiger partial charge in [-0.1, -0.05) is 6.07 Å². The Morgan fingerprint density at radius 3 is 2.43 bits per heavy atom. The van der Waals surface area contributed by atoms with Gasteiger partial charge in [0, 0.05) is 19.5 Å². The fourth-order valence-electron chi connectivity index (χ4n) is 5.18. The number of esters is 1. The molecule has 0 spiro atoms. The van der Waals surface area contributed by atoms with Crippen molar-refractivity contribution < 1.29 is 24.1 Å². The van der Waals surface area contributed by atoms with Crippen molar-refractivity contribution in [3.05, 3.63) is 41.5 Å². The van der Waals surface area contributed by atoms with E-state index in [0.29, 0.717) is 17.2 Å². The van der Waals surface area contributed by atoms with Gasteiger partial charge in [-0.3, -0.25) is 9.69 Å². The van der Waals surface area contributed by atoms with Crippen molar-refractivity contribution in [2.24, 2.45) is 0 Å². The van der Waals surface area contributed by atoms with Crippen molar-refractivity contribution in [3.8, 4) is 17.2 Å². The second-order valence-electron chi connectivity index (χ2n) is 8.07. The normalized spacial score (nSPS) is 20.8. The number of ether oxygens (including phenoxy) is 3. The molecule has 0 amide bonds. The summed E-state index contributed by atoms with van der Waals surface area (Å²) in [5, 5.41) is 15.3. The fraction of sp³-hybridized carbons (Fsp3) is 0.375. The first-order chi connectivity index (χ1) is 14.5. The van der Waals surface area contributed by atoms with Gasteiger partial charge in [0.2, 0.25) is 0 Å². The van der Waals surface area contributed by atoms with E-state index in [4.69, 9.17) is 14.2 Å². The number of fused-ring (bicyclic) bond motifs is 7. The topological polar surface area (TPSA) is 68.2 Å². The van der Waals surface area contributed by atoms with Crippen LogP contribution >= 0.6 is 0 Å². The Morgan fingerprint density at radius 1 is 1.03 bits per heavy atom. The van der Waals surface area contributed by atoms with E-state index in [1.54, 1.807) is 20.3 Å². The Bertz CT molecular complexity index is 1170. The first-order valence-corrected chi connectivity index (χ1v) is 10.3. The van der Waals surface area contributed by atoms with Gasteiger partial charge in [-0.2, -0.15) is 0 Å². The van der Waals surface area contributed by atoms with Crippen LogP contribution in [0.25, 0.3) is 21.5 Å². The molecule has 6 heteroatoms. The van der Waals surface area contributed by atoms with Crippen LogP contribution in [0.15, 0.2) is 30.3 Å². The summed E-state index contributed by atoms with van der Waals surface area (Å²) in [5.41, 5.74) is 2.10. The van der Waals surface area contributed by atoms with Gasteiger partial charge < -0.3 is 19.3 Å². The zero-order chi connectivity index (χ0) is 21.0. The SMILES string of the molecule is COc1cc2c3c(c4ccc(OC(C)=O)cc4c2cc1OC)[C@H](O)[C@@H]1CCCN1C3. The highest BCUT2D eigenvalue weighted by atomic mass is 16.5. The molecule has 0 unspecified atom stereocenters. The molecule has 0 saturated carbocycles. The number of rotatable bonds is 3. The molecular weight excluding hydrogens is 382 g/mol. The minimum Gasteiger partial charge on any atom is -0.493 e. The van der Waals surface area contributed by atoms with Gasteiger partial charge in [-0.05, 0) is 76.3 Å². The maximum Gasteiger partial charge on any atom is 0.308 e. The van der Waals surface area contributed by atoms with Gasteiger partial charge in [-0.25, -0.2) is 0 Å². The summed E-state index contributed by atoms with van der Waals surface area (Å²) in [6, 6.07) is 9.73. The molecule has 156 valence electrons. The second-order valence-corrected chi connectivity index (χ2v) is 8.07. The molecule has 2 heterocycles. The van der Waals surface area contributed by atoms with Crippen LogP contribution in [0.2, 0.25) is 0 Å². The summed E-state index contributed by atoms with van der Waals surface area (Å²) in [6.45, 7) is 3.19. The quantitative estimate of drug-likeness (QED) is 0.403. The van der Waals surface area contributed by atoms with Crippen LogP contribution in [-0.2, 0) is 11.3 Å². The van der Waals surface area contributed by atoms with Crippen molar-refractivity contribution in [1.29, 1.82) is 0 Å². The fourth-order valence-corrected chi connectivity index (χ4v) is 5.18. The van der Waals surface area contributed by atoms with Crippen LogP contribution < -0.4 is 14.2 Å². The van der Waals surface area contributed by atoms with Gasteiger partial charge in [0.1, 0.15) is 5.75 Å². The zero-order valence-corrected chi connectivity index (χ0v) is 17.4. The number of hydrogen-bond donors (Lipinski definition) is 1. The predicted octanol–water partition coefficient (Wildman–Crippen LogP) is 3.95. The molecule has 0 radical (unpaired) electrons. The van der Waals surface area contributed by atoms with Gasteiger partial charge in [0.05, 0.1) is 20.3 Å². The number of aliphatic hydroxyl groups is 1. The number of methoxy groups -OCH3 is 2. The van der Waals surface area contributed by atoms with Crippen molar-refractivity contribution >= 4 is 27.5 Å². The Morgan fingerprint density at radius 2 is 1.73 bits per heavy atom. The Balaban J connectivity index is 1.87. The average molecular weight is 407 g/mol. The third kappa shape index (κ3) is 2.82. The van der Waals surface area contributed by atoms with Crippen LogP contribution in [0.4, 0.5) is 0 Å². The van der Waals surface area contributed by atoms with Crippen molar-refractivity contribution in [2.45, 2.75) is 38.5 Å². The monoisotopic (exact) mass is 407 g/mol. The largest absolute Gasteiger partial charge is 0.493 e. The lowest BCUT2D eigenvalue weighted by Gasteiger charge is -2.37. The highest BCUT2D eigenvalue weighted by Crippen LogP contribution is 2.47. The third-order valence-corrected chi connectivity index (χ3v) is 6.44. The smallest absolute Gasteiger partial charge is 0.308 e. The van der Waals surface area contributed by atoms with Crippen molar-refractivity contribution in [3.63, 3.8) is 0 Å². The zero-order valence-electron chi connectivity index (χ0n) is 17.4. The van der Waals surface area contributed by atoms with Gasteiger partial charge in [-0.15, -0.1) is 0 Å². The van der Waals surface area contributed by atoms with Crippen molar-refractivity contribution in [2.75, 3.05) is 20.8 Å². The Hall–Kier alpha value is -2.83. The van der Waals surface area contributed by atoms with Gasteiger partial charge in [0.15, 0.2) is 11.5 Å². The molecule has 3 aromatic carbocycles. The number of benzene rings is 3. The molecule has 2 aliphatic heterocycles. The molecule has 30 heavy (non-hydrogen) atoms. The molecular formula is C24H25NO5. The molecule has 1 fully saturated rings. The maximum absolute atomic E-state index is 11.5. The minimum absolute atomic E-state index is 0.145. The Kier molecular flexibility index (Phi) is 4.56. The number of aliphatic hydroxyl groups excluding tert-OH is 1. The number of nitrogens with zero attached hydrogens (tertiary/aromatic N) is 1. The standard InChI is InChI=1S/C24H25NO5/c1-13(26)30-14-6-7-15-16(9-14)17-10-21(28-2)22(29-3)11-18(17)19-12-25-8-4-5-20(25)24(27)23(15)19/h6-7,9-11,20,24,27H,4-5,8,12H2,1-3H3/t20-,24+/m0/s1. The summed E-state index contributed by atoms with van der Waals surface area (Å²) >= 11 is 0. The van der Waals surface area contributed by atoms with E-state index in [1.165, 1.54) is 6.92 Å². The summed E-state index contributed by atoms with van der Waals surface area (Å²) in [6.07, 6.45) is 1.53. The van der Waals surface area contributed by atoms with E-state index >= 15 is 0 Å². The first-order valence-electron chi connectivity index (χ1n) is 10.3. The highest BCUT2D eigenvalue weighted by molar-refractivity contribution is 6.12. The van der Waals surface area contributed by atoms with E-state index in [0.717, 1.165) is 58.6 Å². The van der Waals surface area contributed by atoms with E-state index in [1.807, 2.05) is 24.3 Å². The average Bonchev–Trinajstić information content (AvgIpc) is 3.21. The summed E-state index contributed by atoms with van der Waals surface area (Å²) in [4.78, 5) is 13.9. The first kappa shape index (κ1) is 19.2. The molecule has 0 aromatic heterocycles. The van der Waals surface area contributed by atoms with Crippen LogP contribution in [0, 0.1) is 0 Å². The number of carbonyl (C=O) groups is 1.